The predicted molar refractivity (Wildman–Crippen MR) is 173 cm³/mol. The highest BCUT2D eigenvalue weighted by atomic mass is 35.7. The smallest absolute Gasteiger partial charge is 0.261 e. The maximum Gasteiger partial charge on any atom is 0.261 e. The summed E-state index contributed by atoms with van der Waals surface area (Å²) in [4.78, 5) is 20.0. The number of hydrogen-bond donors (Lipinski definition) is 0. The highest BCUT2D eigenvalue weighted by molar-refractivity contribution is 8.14. The van der Waals surface area contributed by atoms with Crippen LogP contribution in [0.1, 0.15) is 62.8 Å². The van der Waals surface area contributed by atoms with Gasteiger partial charge in [0.05, 0.1) is 34.0 Å². The molecule has 2 aromatic carbocycles. The van der Waals surface area contributed by atoms with Gasteiger partial charge in [0.2, 0.25) is 0 Å². The van der Waals surface area contributed by atoms with Crippen molar-refractivity contribution in [3.63, 3.8) is 0 Å². The number of aromatic nitrogens is 1. The van der Waals surface area contributed by atoms with Crippen molar-refractivity contribution in [2.75, 3.05) is 9.80 Å². The van der Waals surface area contributed by atoms with Gasteiger partial charge >= 0.3 is 0 Å². The number of nitrogens with zero attached hydrogens (tertiary/aromatic N) is 5. The van der Waals surface area contributed by atoms with E-state index in [1.165, 1.54) is 24.3 Å². The number of pyridine rings is 1. The molecule has 4 aliphatic rings. The molecule has 0 saturated heterocycles. The quantitative estimate of drug-likeness (QED) is 0.291. The third-order valence-corrected chi connectivity index (χ3v) is 11.8. The van der Waals surface area contributed by atoms with E-state index >= 15 is 0 Å². The number of fused-ring (bicyclic) bond motifs is 2. The Labute approximate surface area is 266 Å². The van der Waals surface area contributed by atoms with Gasteiger partial charge in [0, 0.05) is 32.7 Å². The third-order valence-electron chi connectivity index (χ3n) is 9.08. The molecule has 2 aliphatic carbocycles. The second kappa shape index (κ2) is 11.4. The van der Waals surface area contributed by atoms with E-state index in [-0.39, 0.29) is 34.0 Å². The van der Waals surface area contributed by atoms with Gasteiger partial charge in [-0.15, -0.1) is 0 Å². The van der Waals surface area contributed by atoms with Gasteiger partial charge in [-0.2, -0.15) is 0 Å². The number of anilines is 2. The molecule has 4 atom stereocenters. The minimum absolute atomic E-state index is 0.0541. The van der Waals surface area contributed by atoms with Crippen molar-refractivity contribution in [3.8, 4) is 0 Å². The summed E-state index contributed by atoms with van der Waals surface area (Å²) in [6.45, 7) is 0. The topological polar surface area (TPSA) is 112 Å². The molecule has 0 amide bonds. The highest BCUT2D eigenvalue weighted by Crippen LogP contribution is 2.38. The molecule has 0 bridgehead atoms. The van der Waals surface area contributed by atoms with E-state index in [4.69, 9.17) is 36.3 Å². The lowest BCUT2D eigenvalue weighted by Crippen LogP contribution is -2.43. The van der Waals surface area contributed by atoms with Crippen LogP contribution in [0.25, 0.3) is 0 Å². The lowest BCUT2D eigenvalue weighted by molar-refractivity contribution is 0.405. The maximum absolute atomic E-state index is 11.9. The van der Waals surface area contributed by atoms with E-state index in [1.54, 1.807) is 24.3 Å². The molecule has 0 radical (unpaired) electrons. The average Bonchev–Trinajstić information content (AvgIpc) is 3.60. The van der Waals surface area contributed by atoms with Crippen LogP contribution >= 0.6 is 21.4 Å². The summed E-state index contributed by atoms with van der Waals surface area (Å²) in [5.41, 5.74) is 3.11. The molecule has 0 spiro atoms. The van der Waals surface area contributed by atoms with Crippen LogP contribution in [0.3, 0.4) is 0 Å². The zero-order valence-corrected chi connectivity index (χ0v) is 26.9. The minimum Gasteiger partial charge on any atom is -0.320 e. The number of benzene rings is 2. The molecule has 44 heavy (non-hydrogen) atoms. The first-order valence-electron chi connectivity index (χ1n) is 14.9. The first kappa shape index (κ1) is 29.7. The van der Waals surface area contributed by atoms with Crippen molar-refractivity contribution in [1.82, 2.24) is 4.98 Å². The standard InChI is InChI=1S/C31H31Cl2N5O4S2/c32-43(39,40)22-16-12-20(13-17-22)37-28-10-3-1-6-24(28)35-30(37)26-8-5-9-27(34-26)31-36-25-7-2-4-11-29(25)38(31)21-14-18-23(19-15-21)44(33,41)42/h5,8-9,12-19,24-25,28-29H,1-4,6-7,10-11H2/t24-,25-,28-,29-/m1/s1. The fraction of sp³-hybridized carbons (Fsp3) is 0.387. The fourth-order valence-corrected chi connectivity index (χ4v) is 8.61. The molecule has 13 heteroatoms. The maximum atomic E-state index is 11.9. The van der Waals surface area contributed by atoms with Crippen LogP contribution in [0.4, 0.5) is 11.4 Å². The van der Waals surface area contributed by atoms with Gasteiger partial charge in [0.15, 0.2) is 11.7 Å². The van der Waals surface area contributed by atoms with Crippen LogP contribution in [0.5, 0.6) is 0 Å². The molecule has 9 nitrogen and oxygen atoms in total. The van der Waals surface area contributed by atoms with E-state index < -0.39 is 18.1 Å². The first-order chi connectivity index (χ1) is 21.1. The molecule has 1 aromatic heterocycles. The van der Waals surface area contributed by atoms with Crippen molar-refractivity contribution < 1.29 is 16.8 Å². The summed E-state index contributed by atoms with van der Waals surface area (Å²) in [6.07, 6.45) is 8.34. The predicted octanol–water partition coefficient (Wildman–Crippen LogP) is 6.09. The van der Waals surface area contributed by atoms with Gasteiger partial charge in [0.1, 0.15) is 11.4 Å². The summed E-state index contributed by atoms with van der Waals surface area (Å²) in [5, 5.41) is 0. The number of amidine groups is 2. The Kier molecular flexibility index (Phi) is 7.71. The van der Waals surface area contributed by atoms with E-state index in [1.807, 2.05) is 18.2 Å². The van der Waals surface area contributed by atoms with Gasteiger partial charge < -0.3 is 9.80 Å². The molecular formula is C31H31Cl2N5O4S2. The molecule has 0 N–H and O–H groups in total. The minimum atomic E-state index is -3.84. The molecule has 7 rings (SSSR count). The summed E-state index contributed by atoms with van der Waals surface area (Å²) in [5.74, 6) is 1.51. The second-order valence-corrected chi connectivity index (χ2v) is 16.9. The zero-order valence-electron chi connectivity index (χ0n) is 23.8. The molecule has 2 aliphatic heterocycles. The number of aliphatic imine (C=N–C) groups is 2. The molecular weight excluding hydrogens is 641 g/mol. The highest BCUT2D eigenvalue weighted by Gasteiger charge is 2.42. The van der Waals surface area contributed by atoms with Gasteiger partial charge in [-0.3, -0.25) is 9.98 Å². The monoisotopic (exact) mass is 671 g/mol. The van der Waals surface area contributed by atoms with E-state index in [0.29, 0.717) is 11.4 Å². The Morgan fingerprint density at radius 1 is 0.568 bits per heavy atom. The first-order valence-corrected chi connectivity index (χ1v) is 19.5. The zero-order chi connectivity index (χ0) is 30.6. The van der Waals surface area contributed by atoms with Crippen LogP contribution < -0.4 is 9.80 Å². The molecule has 0 unspecified atom stereocenters. The summed E-state index contributed by atoms with van der Waals surface area (Å²) in [6, 6.07) is 19.7. The number of hydrogen-bond acceptors (Lipinski definition) is 9. The van der Waals surface area contributed by atoms with Gasteiger partial charge in [-0.1, -0.05) is 31.7 Å². The number of rotatable bonds is 6. The van der Waals surface area contributed by atoms with Crippen molar-refractivity contribution >= 4 is 62.5 Å². The van der Waals surface area contributed by atoms with E-state index in [9.17, 15) is 16.8 Å². The van der Waals surface area contributed by atoms with Gasteiger partial charge in [-0.25, -0.2) is 21.8 Å². The largest absolute Gasteiger partial charge is 0.320 e. The SMILES string of the molecule is O=S(=O)(Cl)c1ccc(N2C(c3cccc(C4=N[C@@H]5CCCC[C@H]5N4c4ccc(S(=O)(=O)Cl)cc4)n3)=N[C@@H]3CCCC[C@H]32)cc1. The Morgan fingerprint density at radius 2 is 0.955 bits per heavy atom. The van der Waals surface area contributed by atoms with E-state index in [2.05, 4.69) is 9.80 Å². The Bertz CT molecular complexity index is 1730. The molecule has 3 heterocycles. The normalized spacial score (nSPS) is 25.3. The van der Waals surface area contributed by atoms with Crippen molar-refractivity contribution in [1.29, 1.82) is 0 Å². The van der Waals surface area contributed by atoms with Gasteiger partial charge in [0.25, 0.3) is 18.1 Å². The van der Waals surface area contributed by atoms with Crippen LogP contribution in [0, 0.1) is 0 Å². The Hall–Kier alpha value is -2.99. The molecule has 2 saturated carbocycles. The summed E-state index contributed by atoms with van der Waals surface area (Å²) >= 11 is 0. The fourth-order valence-electron chi connectivity index (χ4n) is 7.07. The summed E-state index contributed by atoms with van der Waals surface area (Å²) in [7, 11) is 3.51. The van der Waals surface area contributed by atoms with Gasteiger partial charge in [-0.05, 0) is 86.3 Å². The second-order valence-electron chi connectivity index (χ2n) is 11.8. The average molecular weight is 673 g/mol. The lowest BCUT2D eigenvalue weighted by atomic mass is 9.90. The number of halogens is 2. The lowest BCUT2D eigenvalue weighted by Gasteiger charge is -2.33. The molecule has 3 aromatic rings. The van der Waals surface area contributed by atoms with Crippen molar-refractivity contribution in [2.24, 2.45) is 9.98 Å². The van der Waals surface area contributed by atoms with Crippen LogP contribution in [-0.4, -0.2) is 57.7 Å². The molecule has 2 fully saturated rings. The van der Waals surface area contributed by atoms with E-state index in [0.717, 1.165) is 74.4 Å². The van der Waals surface area contributed by atoms with Crippen LogP contribution in [0.15, 0.2) is 86.5 Å². The molecule has 230 valence electrons. The Balaban J connectivity index is 1.27. The Morgan fingerprint density at radius 3 is 1.34 bits per heavy atom. The third kappa shape index (κ3) is 5.52. The summed E-state index contributed by atoms with van der Waals surface area (Å²) < 4.78 is 47.6. The van der Waals surface area contributed by atoms with Crippen molar-refractivity contribution in [3.05, 3.63) is 78.1 Å². The van der Waals surface area contributed by atoms with Crippen LogP contribution in [-0.2, 0) is 18.1 Å². The van der Waals surface area contributed by atoms with Crippen molar-refractivity contribution in [2.45, 2.75) is 85.3 Å². The van der Waals surface area contributed by atoms with Crippen LogP contribution in [0.2, 0.25) is 0 Å².